The van der Waals surface area contributed by atoms with Crippen LogP contribution in [0.15, 0.2) is 54.6 Å². The van der Waals surface area contributed by atoms with E-state index in [2.05, 4.69) is 37.8 Å². The average molecular weight is 297 g/mol. The number of nitrogens with zero attached hydrogens (tertiary/aromatic N) is 1. The average Bonchev–Trinajstić information content (AvgIpc) is 2.86. The number of phenols is 1. The Morgan fingerprint density at radius 2 is 1.64 bits per heavy atom. The molecule has 22 heavy (non-hydrogen) atoms. The van der Waals surface area contributed by atoms with E-state index in [9.17, 15) is 5.11 Å². The van der Waals surface area contributed by atoms with Crippen molar-refractivity contribution in [1.82, 2.24) is 4.90 Å². The van der Waals surface area contributed by atoms with Gasteiger partial charge in [0.1, 0.15) is 18.1 Å². The first-order valence-corrected chi connectivity index (χ1v) is 7.85. The van der Waals surface area contributed by atoms with Gasteiger partial charge in [-0.1, -0.05) is 48.5 Å². The lowest BCUT2D eigenvalue weighted by Crippen LogP contribution is -2.37. The zero-order chi connectivity index (χ0) is 15.7. The molecule has 1 aliphatic heterocycles. The molecular weight excluding hydrogens is 274 g/mol. The first kappa shape index (κ1) is 15.1. The number of hydrogen-bond acceptors (Lipinski definition) is 3. The molecule has 2 aromatic rings. The molecule has 3 atom stereocenters. The first-order valence-electron chi connectivity index (χ1n) is 7.85. The molecule has 1 heterocycles. The van der Waals surface area contributed by atoms with Gasteiger partial charge in [-0.05, 0) is 32.4 Å². The lowest BCUT2D eigenvalue weighted by Gasteiger charge is -2.30. The van der Waals surface area contributed by atoms with Crippen LogP contribution < -0.4 is 0 Å². The van der Waals surface area contributed by atoms with Crippen LogP contribution in [0.3, 0.4) is 0 Å². The molecule has 0 bridgehead atoms. The molecule has 0 unspecified atom stereocenters. The van der Waals surface area contributed by atoms with Gasteiger partial charge in [-0.25, -0.2) is 0 Å². The minimum atomic E-state index is -0.221. The van der Waals surface area contributed by atoms with Crippen molar-refractivity contribution in [2.24, 2.45) is 0 Å². The van der Waals surface area contributed by atoms with Gasteiger partial charge in [0.2, 0.25) is 0 Å². The Morgan fingerprint density at radius 3 is 2.27 bits per heavy atom. The monoisotopic (exact) mass is 297 g/mol. The third kappa shape index (κ3) is 2.62. The summed E-state index contributed by atoms with van der Waals surface area (Å²) >= 11 is 0. The van der Waals surface area contributed by atoms with Gasteiger partial charge < -0.3 is 9.84 Å². The van der Waals surface area contributed by atoms with Crippen molar-refractivity contribution in [3.63, 3.8) is 0 Å². The number of phenolic OH excluding ortho intramolecular Hbond substituents is 1. The van der Waals surface area contributed by atoms with E-state index in [1.807, 2.05) is 36.4 Å². The standard InChI is InChI=1S/C19H23NO2/c1-13(2)20-14(3)18(15-9-5-4-6-10-15)22-19(20)16-11-7-8-12-17(16)21/h4-14,18-19,21H,1-3H3/t14-,18-,19-/m0/s1. The smallest absolute Gasteiger partial charge is 0.141 e. The molecule has 0 spiro atoms. The highest BCUT2D eigenvalue weighted by Crippen LogP contribution is 2.45. The molecule has 3 nitrogen and oxygen atoms in total. The van der Waals surface area contributed by atoms with E-state index in [-0.39, 0.29) is 18.4 Å². The van der Waals surface area contributed by atoms with Crippen molar-refractivity contribution >= 4 is 0 Å². The van der Waals surface area contributed by atoms with Gasteiger partial charge in [0.05, 0.1) is 0 Å². The van der Waals surface area contributed by atoms with E-state index < -0.39 is 0 Å². The Kier molecular flexibility index (Phi) is 4.19. The number of rotatable bonds is 3. The Hall–Kier alpha value is -1.84. The van der Waals surface area contributed by atoms with E-state index in [1.165, 1.54) is 5.56 Å². The zero-order valence-corrected chi connectivity index (χ0v) is 13.3. The molecule has 0 aliphatic carbocycles. The van der Waals surface area contributed by atoms with Crippen LogP contribution >= 0.6 is 0 Å². The van der Waals surface area contributed by atoms with E-state index >= 15 is 0 Å². The molecule has 1 saturated heterocycles. The van der Waals surface area contributed by atoms with Gasteiger partial charge in [-0.2, -0.15) is 0 Å². The number of benzene rings is 2. The van der Waals surface area contributed by atoms with Gasteiger partial charge in [0, 0.05) is 17.6 Å². The van der Waals surface area contributed by atoms with Crippen LogP contribution in [0.25, 0.3) is 0 Å². The van der Waals surface area contributed by atoms with Crippen molar-refractivity contribution in [2.45, 2.75) is 45.2 Å². The van der Waals surface area contributed by atoms with E-state index in [1.54, 1.807) is 6.07 Å². The lowest BCUT2D eigenvalue weighted by atomic mass is 10.0. The maximum Gasteiger partial charge on any atom is 0.141 e. The third-order valence-electron chi connectivity index (χ3n) is 4.38. The van der Waals surface area contributed by atoms with Crippen molar-refractivity contribution in [3.05, 3.63) is 65.7 Å². The molecular formula is C19H23NO2. The van der Waals surface area contributed by atoms with Crippen LogP contribution in [0.4, 0.5) is 0 Å². The molecule has 3 rings (SSSR count). The first-order chi connectivity index (χ1) is 10.6. The fraction of sp³-hybridized carbons (Fsp3) is 0.368. The Balaban J connectivity index is 1.98. The summed E-state index contributed by atoms with van der Waals surface area (Å²) in [6.45, 7) is 6.53. The third-order valence-corrected chi connectivity index (χ3v) is 4.38. The molecule has 0 amide bonds. The zero-order valence-electron chi connectivity index (χ0n) is 13.3. The van der Waals surface area contributed by atoms with Crippen molar-refractivity contribution < 1.29 is 9.84 Å². The Morgan fingerprint density at radius 1 is 1.00 bits per heavy atom. The number of ether oxygens (including phenoxy) is 1. The highest BCUT2D eigenvalue weighted by Gasteiger charge is 2.42. The SMILES string of the molecule is CC(C)N1[C@H](c2ccccc2O)O[C@H](c2ccccc2)[C@@H]1C. The van der Waals surface area contributed by atoms with Crippen LogP contribution in [0.1, 0.15) is 44.2 Å². The van der Waals surface area contributed by atoms with E-state index in [0.717, 1.165) is 5.56 Å². The summed E-state index contributed by atoms with van der Waals surface area (Å²) in [6, 6.07) is 18.3. The van der Waals surface area contributed by atoms with Crippen LogP contribution in [-0.2, 0) is 4.74 Å². The fourth-order valence-electron chi connectivity index (χ4n) is 3.36. The Labute approximate surface area is 132 Å². The normalized spacial score (nSPS) is 25.7. The summed E-state index contributed by atoms with van der Waals surface area (Å²) in [5, 5.41) is 10.2. The van der Waals surface area contributed by atoms with E-state index in [4.69, 9.17) is 4.74 Å². The molecule has 0 saturated carbocycles. The van der Waals surface area contributed by atoms with Crippen molar-refractivity contribution in [1.29, 1.82) is 0 Å². The van der Waals surface area contributed by atoms with Crippen LogP contribution in [0.2, 0.25) is 0 Å². The van der Waals surface area contributed by atoms with Crippen molar-refractivity contribution in [3.8, 4) is 5.75 Å². The number of para-hydroxylation sites is 1. The maximum atomic E-state index is 10.2. The van der Waals surface area contributed by atoms with Crippen LogP contribution in [-0.4, -0.2) is 22.1 Å². The molecule has 0 radical (unpaired) electrons. The molecule has 1 fully saturated rings. The van der Waals surface area contributed by atoms with Gasteiger partial charge in [0.25, 0.3) is 0 Å². The van der Waals surface area contributed by atoms with Gasteiger partial charge in [-0.3, -0.25) is 4.90 Å². The predicted molar refractivity (Wildman–Crippen MR) is 87.6 cm³/mol. The highest BCUT2D eigenvalue weighted by molar-refractivity contribution is 5.35. The molecule has 0 aromatic heterocycles. The van der Waals surface area contributed by atoms with Gasteiger partial charge >= 0.3 is 0 Å². The second-order valence-corrected chi connectivity index (χ2v) is 6.16. The van der Waals surface area contributed by atoms with Crippen molar-refractivity contribution in [2.75, 3.05) is 0 Å². The predicted octanol–water partition coefficient (Wildman–Crippen LogP) is 4.26. The summed E-state index contributed by atoms with van der Waals surface area (Å²) < 4.78 is 6.37. The summed E-state index contributed by atoms with van der Waals surface area (Å²) in [4.78, 5) is 2.33. The molecule has 116 valence electrons. The molecule has 1 aliphatic rings. The Bertz CT molecular complexity index is 626. The second-order valence-electron chi connectivity index (χ2n) is 6.16. The fourth-order valence-corrected chi connectivity index (χ4v) is 3.36. The highest BCUT2D eigenvalue weighted by atomic mass is 16.5. The topological polar surface area (TPSA) is 32.7 Å². The van der Waals surface area contributed by atoms with Gasteiger partial charge in [0.15, 0.2) is 0 Å². The lowest BCUT2D eigenvalue weighted by molar-refractivity contribution is -0.0138. The quantitative estimate of drug-likeness (QED) is 0.918. The molecule has 1 N–H and O–H groups in total. The minimum absolute atomic E-state index is 0.00760. The number of hydrogen-bond donors (Lipinski definition) is 1. The molecule has 3 heteroatoms. The largest absolute Gasteiger partial charge is 0.508 e. The summed E-state index contributed by atoms with van der Waals surface area (Å²) in [6.07, 6.45) is -0.213. The summed E-state index contributed by atoms with van der Waals surface area (Å²) in [7, 11) is 0. The second kappa shape index (κ2) is 6.11. The maximum absolute atomic E-state index is 10.2. The van der Waals surface area contributed by atoms with Gasteiger partial charge in [-0.15, -0.1) is 0 Å². The number of aromatic hydroxyl groups is 1. The van der Waals surface area contributed by atoms with E-state index in [0.29, 0.717) is 11.8 Å². The van der Waals surface area contributed by atoms with Crippen LogP contribution in [0, 0.1) is 0 Å². The van der Waals surface area contributed by atoms with Crippen LogP contribution in [0.5, 0.6) is 5.75 Å². The minimum Gasteiger partial charge on any atom is -0.508 e. The summed E-state index contributed by atoms with van der Waals surface area (Å²) in [5.74, 6) is 0.291. The summed E-state index contributed by atoms with van der Waals surface area (Å²) in [5.41, 5.74) is 2.01. The molecule has 2 aromatic carbocycles.